The highest BCUT2D eigenvalue weighted by molar-refractivity contribution is 6.15. The summed E-state index contributed by atoms with van der Waals surface area (Å²) in [5.41, 5.74) is 2.24. The Labute approximate surface area is 223 Å². The van der Waals surface area contributed by atoms with Gasteiger partial charge in [0.2, 0.25) is 24.1 Å². The maximum absolute atomic E-state index is 13.5. The van der Waals surface area contributed by atoms with Crippen molar-refractivity contribution in [1.29, 1.82) is 0 Å². The van der Waals surface area contributed by atoms with E-state index in [9.17, 15) is 9.59 Å². The number of Topliss-reactive ketones (excluding diaryl/α,β-unsaturated/α-hetero) is 1. The monoisotopic (exact) mass is 532 g/mol. The number of benzene rings is 3. The van der Waals surface area contributed by atoms with Crippen molar-refractivity contribution >= 4 is 17.8 Å². The number of rotatable bonds is 6. The molecule has 200 valence electrons. The van der Waals surface area contributed by atoms with Crippen LogP contribution >= 0.6 is 0 Å². The Bertz CT molecular complexity index is 1550. The lowest BCUT2D eigenvalue weighted by Crippen LogP contribution is -2.21. The average molecular weight is 533 g/mol. The third kappa shape index (κ3) is 3.87. The lowest BCUT2D eigenvalue weighted by molar-refractivity contribution is -0.135. The number of carbonyl (C=O) groups excluding carboxylic acids is 2. The van der Waals surface area contributed by atoms with Crippen LogP contribution in [0.15, 0.2) is 42.2 Å². The predicted molar refractivity (Wildman–Crippen MR) is 137 cm³/mol. The average Bonchev–Trinajstić information content (AvgIpc) is 3.55. The first-order chi connectivity index (χ1) is 19.0. The largest absolute Gasteiger partial charge is 0.493 e. The van der Waals surface area contributed by atoms with E-state index in [-0.39, 0.29) is 24.8 Å². The normalized spacial score (nSPS) is 17.7. The predicted octanol–water partition coefficient (Wildman–Crippen LogP) is 4.51. The first kappa shape index (κ1) is 24.5. The van der Waals surface area contributed by atoms with E-state index in [1.807, 2.05) is 0 Å². The maximum Gasteiger partial charge on any atom is 0.312 e. The quantitative estimate of drug-likeness (QED) is 0.256. The van der Waals surface area contributed by atoms with Gasteiger partial charge in [0.1, 0.15) is 11.5 Å². The smallest absolute Gasteiger partial charge is 0.312 e. The lowest BCUT2D eigenvalue weighted by atomic mass is 9.84. The molecule has 0 spiro atoms. The van der Waals surface area contributed by atoms with Gasteiger partial charge >= 0.3 is 5.97 Å². The van der Waals surface area contributed by atoms with Gasteiger partial charge < -0.3 is 37.9 Å². The Morgan fingerprint density at radius 3 is 2.33 bits per heavy atom. The van der Waals surface area contributed by atoms with Gasteiger partial charge in [0.25, 0.3) is 0 Å². The van der Waals surface area contributed by atoms with Crippen LogP contribution in [0.25, 0.3) is 6.08 Å². The molecule has 0 radical (unpaired) electrons. The van der Waals surface area contributed by atoms with Crippen LogP contribution in [0.1, 0.15) is 39.4 Å². The molecule has 10 heteroatoms. The Kier molecular flexibility index (Phi) is 5.94. The Hall–Kier alpha value is -4.86. The van der Waals surface area contributed by atoms with Crippen LogP contribution in [0.5, 0.6) is 46.0 Å². The van der Waals surface area contributed by atoms with Gasteiger partial charge in [0.05, 0.1) is 40.4 Å². The highest BCUT2D eigenvalue weighted by Crippen LogP contribution is 2.52. The molecule has 10 nitrogen and oxygen atoms in total. The summed E-state index contributed by atoms with van der Waals surface area (Å²) >= 11 is 0. The van der Waals surface area contributed by atoms with Gasteiger partial charge in [0.15, 0.2) is 28.8 Å². The minimum absolute atomic E-state index is 0.0341. The van der Waals surface area contributed by atoms with E-state index in [1.165, 1.54) is 28.4 Å². The van der Waals surface area contributed by atoms with Crippen LogP contribution in [0.4, 0.5) is 0 Å². The van der Waals surface area contributed by atoms with E-state index >= 15 is 0 Å². The first-order valence-corrected chi connectivity index (χ1v) is 12.1. The SMILES string of the molecule is COc1cc([C@H]2CC(=O)Oc3ccc4c(c32)O/C(=C/c2ccc(OC)c(OC)c2OC)C4=O)cc2c1OCO2. The molecular weight excluding hydrogens is 508 g/mol. The highest BCUT2D eigenvalue weighted by Gasteiger charge is 2.39. The second kappa shape index (κ2) is 9.46. The Morgan fingerprint density at radius 2 is 1.59 bits per heavy atom. The zero-order chi connectivity index (χ0) is 27.3. The summed E-state index contributed by atoms with van der Waals surface area (Å²) in [7, 11) is 6.06. The fourth-order valence-corrected chi connectivity index (χ4v) is 5.12. The summed E-state index contributed by atoms with van der Waals surface area (Å²) < 4.78 is 44.7. The van der Waals surface area contributed by atoms with Crippen molar-refractivity contribution in [1.82, 2.24) is 0 Å². The fraction of sp³-hybridized carbons (Fsp3) is 0.241. The number of methoxy groups -OCH3 is 4. The molecule has 1 atom stereocenters. The van der Waals surface area contributed by atoms with Gasteiger partial charge in [-0.2, -0.15) is 0 Å². The third-order valence-electron chi connectivity index (χ3n) is 6.88. The molecule has 0 aromatic heterocycles. The zero-order valence-electron chi connectivity index (χ0n) is 21.6. The molecule has 0 N–H and O–H groups in total. The number of carbonyl (C=O) groups is 2. The molecule has 0 unspecified atom stereocenters. The van der Waals surface area contributed by atoms with E-state index < -0.39 is 11.9 Å². The molecule has 0 fully saturated rings. The Balaban J connectivity index is 1.45. The number of allylic oxidation sites excluding steroid dienone is 1. The molecule has 6 rings (SSSR count). The molecule has 0 amide bonds. The van der Waals surface area contributed by atoms with Crippen LogP contribution in [0.2, 0.25) is 0 Å². The van der Waals surface area contributed by atoms with Crippen molar-refractivity contribution in [3.05, 3.63) is 64.4 Å². The number of hydrogen-bond acceptors (Lipinski definition) is 10. The summed E-state index contributed by atoms with van der Waals surface area (Å²) in [4.78, 5) is 26.1. The summed E-state index contributed by atoms with van der Waals surface area (Å²) in [5, 5.41) is 0. The first-order valence-electron chi connectivity index (χ1n) is 12.1. The molecule has 0 saturated heterocycles. The Morgan fingerprint density at radius 1 is 0.795 bits per heavy atom. The molecular formula is C29H24O10. The van der Waals surface area contributed by atoms with Crippen molar-refractivity contribution in [3.8, 4) is 46.0 Å². The molecule has 3 heterocycles. The molecule has 0 aliphatic carbocycles. The molecule has 3 aliphatic rings. The van der Waals surface area contributed by atoms with Gasteiger partial charge in [0, 0.05) is 17.0 Å². The second-order valence-corrected chi connectivity index (χ2v) is 8.91. The lowest BCUT2D eigenvalue weighted by Gasteiger charge is -2.26. The number of fused-ring (bicyclic) bond motifs is 4. The van der Waals surface area contributed by atoms with Crippen LogP contribution in [-0.4, -0.2) is 47.0 Å². The van der Waals surface area contributed by atoms with E-state index in [2.05, 4.69) is 0 Å². The molecule has 3 aromatic carbocycles. The van der Waals surface area contributed by atoms with Crippen LogP contribution in [-0.2, 0) is 4.79 Å². The zero-order valence-corrected chi connectivity index (χ0v) is 21.6. The maximum atomic E-state index is 13.5. The van der Waals surface area contributed by atoms with Gasteiger partial charge in [-0.25, -0.2) is 0 Å². The van der Waals surface area contributed by atoms with Crippen molar-refractivity contribution in [2.75, 3.05) is 35.2 Å². The van der Waals surface area contributed by atoms with E-state index in [0.717, 1.165) is 5.56 Å². The summed E-state index contributed by atoms with van der Waals surface area (Å²) in [6.07, 6.45) is 1.62. The second-order valence-electron chi connectivity index (χ2n) is 8.91. The van der Waals surface area contributed by atoms with Crippen molar-refractivity contribution in [2.45, 2.75) is 12.3 Å². The van der Waals surface area contributed by atoms with Crippen molar-refractivity contribution in [2.24, 2.45) is 0 Å². The minimum atomic E-state index is -0.484. The van der Waals surface area contributed by atoms with E-state index in [0.29, 0.717) is 62.7 Å². The van der Waals surface area contributed by atoms with Crippen molar-refractivity contribution in [3.63, 3.8) is 0 Å². The molecule has 3 aromatic rings. The molecule has 39 heavy (non-hydrogen) atoms. The number of esters is 1. The van der Waals surface area contributed by atoms with E-state index in [4.69, 9.17) is 37.9 Å². The molecule has 0 bridgehead atoms. The molecule has 0 saturated carbocycles. The van der Waals surface area contributed by atoms with Gasteiger partial charge in [-0.05, 0) is 48.0 Å². The third-order valence-corrected chi connectivity index (χ3v) is 6.88. The minimum Gasteiger partial charge on any atom is -0.493 e. The number of hydrogen-bond donors (Lipinski definition) is 0. The summed E-state index contributed by atoms with van der Waals surface area (Å²) in [5.74, 6) is 2.28. The fourth-order valence-electron chi connectivity index (χ4n) is 5.12. The topological polar surface area (TPSA) is 108 Å². The van der Waals surface area contributed by atoms with Gasteiger partial charge in [-0.15, -0.1) is 0 Å². The van der Waals surface area contributed by atoms with Crippen molar-refractivity contribution < 1.29 is 47.5 Å². The number of ether oxygens (including phenoxy) is 8. The van der Waals surface area contributed by atoms with Crippen LogP contribution in [0, 0.1) is 0 Å². The van der Waals surface area contributed by atoms with Crippen LogP contribution in [0.3, 0.4) is 0 Å². The number of ketones is 1. The summed E-state index contributed by atoms with van der Waals surface area (Å²) in [6.45, 7) is 0.0687. The van der Waals surface area contributed by atoms with Crippen LogP contribution < -0.4 is 37.9 Å². The van der Waals surface area contributed by atoms with Gasteiger partial charge in [-0.1, -0.05) is 0 Å². The molecule has 3 aliphatic heterocycles. The standard InChI is InChI=1S/C29H24O10/c1-32-19-7-5-14(26(34-3)29(19)35-4)9-20-25(31)16-6-8-18-24(27(16)39-20)17(12-23(30)38-18)15-10-21(33-2)28-22(11-15)36-13-37-28/h5-11,17H,12-13H2,1-4H3/b20-9+/t17-/m1/s1. The van der Waals surface area contributed by atoms with Gasteiger partial charge in [-0.3, -0.25) is 9.59 Å². The highest BCUT2D eigenvalue weighted by atomic mass is 16.7. The summed E-state index contributed by atoms with van der Waals surface area (Å²) in [6, 6.07) is 10.3. The van der Waals surface area contributed by atoms with E-state index in [1.54, 1.807) is 42.5 Å².